The second kappa shape index (κ2) is 4.43. The molecule has 0 aliphatic rings. The Morgan fingerprint density at radius 1 is 1.47 bits per heavy atom. The maximum atomic E-state index is 11.9. The van der Waals surface area contributed by atoms with Crippen molar-refractivity contribution in [3.8, 4) is 0 Å². The second-order valence-corrected chi connectivity index (χ2v) is 4.65. The van der Waals surface area contributed by atoms with Gasteiger partial charge in [0.05, 0.1) is 10.7 Å². The summed E-state index contributed by atoms with van der Waals surface area (Å²) < 4.78 is 3.81. The Morgan fingerprint density at radius 3 is 3.00 bits per heavy atom. The first kappa shape index (κ1) is 11.8. The van der Waals surface area contributed by atoms with E-state index >= 15 is 0 Å². The summed E-state index contributed by atoms with van der Waals surface area (Å²) in [4.78, 5) is 16.1. The molecule has 0 atom stereocenters. The molecule has 3 heterocycles. The molecule has 0 radical (unpaired) electrons. The van der Waals surface area contributed by atoms with Crippen LogP contribution in [0.2, 0.25) is 0 Å². The zero-order valence-electron chi connectivity index (χ0n) is 9.78. The van der Waals surface area contributed by atoms with Crippen LogP contribution in [0, 0.1) is 0 Å². The number of carbonyl (C=O) groups excluding carboxylic acids is 1. The fraction of sp³-hybridized carbons (Fsp3) is 0.100. The van der Waals surface area contributed by atoms with Crippen LogP contribution in [0.5, 0.6) is 0 Å². The number of aryl methyl sites for hydroxylation is 1. The van der Waals surface area contributed by atoms with Gasteiger partial charge in [-0.05, 0) is 28.1 Å². The number of anilines is 1. The summed E-state index contributed by atoms with van der Waals surface area (Å²) in [6.45, 7) is 0. The van der Waals surface area contributed by atoms with Gasteiger partial charge in [-0.15, -0.1) is 10.2 Å². The van der Waals surface area contributed by atoms with E-state index in [1.165, 1.54) is 10.9 Å². The second-order valence-electron chi connectivity index (χ2n) is 3.79. The molecular weight excluding hydrogens is 314 g/mol. The van der Waals surface area contributed by atoms with Crippen LogP contribution < -0.4 is 5.32 Å². The Labute approximate surface area is 115 Å². The van der Waals surface area contributed by atoms with E-state index in [9.17, 15) is 4.79 Å². The van der Waals surface area contributed by atoms with Crippen molar-refractivity contribution in [1.29, 1.82) is 0 Å². The third-order valence-electron chi connectivity index (χ3n) is 2.38. The monoisotopic (exact) mass is 321 g/mol. The van der Waals surface area contributed by atoms with E-state index in [0.717, 1.165) is 4.47 Å². The van der Waals surface area contributed by atoms with Gasteiger partial charge in [0.2, 0.25) is 5.95 Å². The van der Waals surface area contributed by atoms with Crippen LogP contribution in [-0.2, 0) is 7.05 Å². The number of aromatic nitrogens is 6. The van der Waals surface area contributed by atoms with Gasteiger partial charge in [0, 0.05) is 13.2 Å². The van der Waals surface area contributed by atoms with E-state index in [0.29, 0.717) is 5.65 Å². The van der Waals surface area contributed by atoms with Crippen molar-refractivity contribution >= 4 is 33.4 Å². The van der Waals surface area contributed by atoms with E-state index in [1.807, 2.05) is 12.1 Å². The SMILES string of the molecule is Cn1cc(C(=O)Nc2nc3c(Br)cccn3n2)nn1. The van der Waals surface area contributed by atoms with Gasteiger partial charge < -0.3 is 0 Å². The lowest BCUT2D eigenvalue weighted by molar-refractivity contribution is 0.102. The maximum absolute atomic E-state index is 11.9. The minimum Gasteiger partial charge on any atom is -0.288 e. The minimum atomic E-state index is -0.403. The van der Waals surface area contributed by atoms with E-state index in [2.05, 4.69) is 41.6 Å². The van der Waals surface area contributed by atoms with Gasteiger partial charge in [0.25, 0.3) is 5.91 Å². The number of hydrogen-bond donors (Lipinski definition) is 1. The van der Waals surface area contributed by atoms with Crippen LogP contribution in [0.3, 0.4) is 0 Å². The number of rotatable bonds is 2. The lowest BCUT2D eigenvalue weighted by Crippen LogP contribution is -2.13. The minimum absolute atomic E-state index is 0.209. The molecule has 8 nitrogen and oxygen atoms in total. The summed E-state index contributed by atoms with van der Waals surface area (Å²) in [5.74, 6) is -0.192. The van der Waals surface area contributed by atoms with Gasteiger partial charge >= 0.3 is 0 Å². The molecule has 0 bridgehead atoms. The molecule has 0 saturated heterocycles. The van der Waals surface area contributed by atoms with Gasteiger partial charge in [-0.3, -0.25) is 14.8 Å². The molecule has 96 valence electrons. The molecule has 0 saturated carbocycles. The van der Waals surface area contributed by atoms with Crippen LogP contribution >= 0.6 is 15.9 Å². The largest absolute Gasteiger partial charge is 0.288 e. The van der Waals surface area contributed by atoms with Crippen LogP contribution in [0.25, 0.3) is 5.65 Å². The van der Waals surface area contributed by atoms with Crippen molar-refractivity contribution < 1.29 is 4.79 Å². The van der Waals surface area contributed by atoms with E-state index in [-0.39, 0.29) is 11.6 Å². The molecule has 1 N–H and O–H groups in total. The number of nitrogens with zero attached hydrogens (tertiary/aromatic N) is 6. The summed E-state index contributed by atoms with van der Waals surface area (Å²) in [5, 5.41) is 14.1. The average Bonchev–Trinajstić information content (AvgIpc) is 2.96. The first-order valence-corrected chi connectivity index (χ1v) is 6.11. The third-order valence-corrected chi connectivity index (χ3v) is 2.99. The Morgan fingerprint density at radius 2 is 2.32 bits per heavy atom. The predicted molar refractivity (Wildman–Crippen MR) is 69.6 cm³/mol. The molecule has 19 heavy (non-hydrogen) atoms. The van der Waals surface area contributed by atoms with Crippen molar-refractivity contribution in [2.24, 2.45) is 7.05 Å². The summed E-state index contributed by atoms with van der Waals surface area (Å²) in [6, 6.07) is 3.67. The summed E-state index contributed by atoms with van der Waals surface area (Å²) in [7, 11) is 1.68. The Balaban J connectivity index is 1.89. The topological polar surface area (TPSA) is 90.0 Å². The smallest absolute Gasteiger partial charge is 0.280 e. The lowest BCUT2D eigenvalue weighted by atomic mass is 10.4. The molecule has 0 aromatic carbocycles. The van der Waals surface area contributed by atoms with Crippen molar-refractivity contribution in [1.82, 2.24) is 29.6 Å². The van der Waals surface area contributed by atoms with Gasteiger partial charge in [0.1, 0.15) is 0 Å². The molecule has 1 amide bonds. The lowest BCUT2D eigenvalue weighted by Gasteiger charge is -1.94. The molecule has 3 aromatic rings. The summed E-state index contributed by atoms with van der Waals surface area (Å²) in [5.41, 5.74) is 0.831. The average molecular weight is 322 g/mol. The number of fused-ring (bicyclic) bond motifs is 1. The van der Waals surface area contributed by atoms with Crippen LogP contribution in [0.15, 0.2) is 29.0 Å². The highest BCUT2D eigenvalue weighted by Gasteiger charge is 2.13. The van der Waals surface area contributed by atoms with Crippen molar-refractivity contribution in [3.05, 3.63) is 34.7 Å². The zero-order valence-corrected chi connectivity index (χ0v) is 11.4. The summed E-state index contributed by atoms with van der Waals surface area (Å²) in [6.07, 6.45) is 3.26. The molecule has 0 unspecified atom stereocenters. The maximum Gasteiger partial charge on any atom is 0.280 e. The quantitative estimate of drug-likeness (QED) is 0.756. The zero-order chi connectivity index (χ0) is 13.4. The van der Waals surface area contributed by atoms with Gasteiger partial charge in [-0.25, -0.2) is 4.52 Å². The molecule has 3 rings (SSSR count). The standard InChI is InChI=1S/C10H8BrN7O/c1-17-5-7(14-16-17)9(19)13-10-12-8-6(11)3-2-4-18(8)15-10/h2-5H,1H3,(H,13,15,19). The number of halogens is 1. The molecule has 3 aromatic heterocycles. The van der Waals surface area contributed by atoms with E-state index in [1.54, 1.807) is 17.8 Å². The van der Waals surface area contributed by atoms with Crippen LogP contribution in [-0.4, -0.2) is 35.5 Å². The van der Waals surface area contributed by atoms with Gasteiger partial charge in [-0.1, -0.05) is 5.21 Å². The van der Waals surface area contributed by atoms with Crippen LogP contribution in [0.1, 0.15) is 10.5 Å². The first-order chi connectivity index (χ1) is 9.13. The Hall–Kier alpha value is -2.29. The highest BCUT2D eigenvalue weighted by molar-refractivity contribution is 9.10. The Bertz CT molecular complexity index is 762. The summed E-state index contributed by atoms with van der Waals surface area (Å²) >= 11 is 3.36. The van der Waals surface area contributed by atoms with Crippen molar-refractivity contribution in [3.63, 3.8) is 0 Å². The molecular formula is C10H8BrN7O. The van der Waals surface area contributed by atoms with E-state index in [4.69, 9.17) is 0 Å². The third kappa shape index (κ3) is 2.19. The molecule has 0 aliphatic heterocycles. The fourth-order valence-electron chi connectivity index (χ4n) is 1.54. The number of amides is 1. The molecule has 0 spiro atoms. The predicted octanol–water partition coefficient (Wildman–Crippen LogP) is 0.873. The normalized spacial score (nSPS) is 10.8. The first-order valence-electron chi connectivity index (χ1n) is 5.32. The number of hydrogen-bond acceptors (Lipinski definition) is 5. The number of carbonyl (C=O) groups is 1. The van der Waals surface area contributed by atoms with Gasteiger partial charge in [-0.2, -0.15) is 4.98 Å². The van der Waals surface area contributed by atoms with Crippen molar-refractivity contribution in [2.75, 3.05) is 5.32 Å². The van der Waals surface area contributed by atoms with Crippen molar-refractivity contribution in [2.45, 2.75) is 0 Å². The number of pyridine rings is 1. The highest BCUT2D eigenvalue weighted by atomic mass is 79.9. The molecule has 0 fully saturated rings. The Kier molecular flexibility index (Phi) is 2.75. The van der Waals surface area contributed by atoms with Crippen LogP contribution in [0.4, 0.5) is 5.95 Å². The molecule has 0 aliphatic carbocycles. The van der Waals surface area contributed by atoms with E-state index < -0.39 is 5.91 Å². The fourth-order valence-corrected chi connectivity index (χ4v) is 1.97. The van der Waals surface area contributed by atoms with Gasteiger partial charge in [0.15, 0.2) is 11.3 Å². The highest BCUT2D eigenvalue weighted by Crippen LogP contribution is 2.16. The number of nitrogens with one attached hydrogen (secondary N) is 1. The molecule has 9 heteroatoms.